The zero-order chi connectivity index (χ0) is 20.5. The Kier molecular flexibility index (Phi) is 5.30. The molecule has 3 aromatic rings. The van der Waals surface area contributed by atoms with Gasteiger partial charge in [-0.3, -0.25) is 9.59 Å². The summed E-state index contributed by atoms with van der Waals surface area (Å²) in [7, 11) is 0. The molecule has 1 aromatic heterocycles. The summed E-state index contributed by atoms with van der Waals surface area (Å²) >= 11 is 9.32. The second-order valence-electron chi connectivity index (χ2n) is 6.56. The average Bonchev–Trinajstić information content (AvgIpc) is 3.31. The lowest BCUT2D eigenvalue weighted by atomic mass is 9.95. The Bertz CT molecular complexity index is 1090. The first kappa shape index (κ1) is 19.5. The number of carbonyl (C=O) groups is 2. The number of ketones is 1. The third-order valence-electron chi connectivity index (χ3n) is 4.75. The van der Waals surface area contributed by atoms with Crippen molar-refractivity contribution >= 4 is 45.0 Å². The molecule has 2 aromatic carbocycles. The number of aliphatic hydroxyl groups is 1. The number of hydrogen-bond acceptors (Lipinski definition) is 4. The Morgan fingerprint density at radius 2 is 1.76 bits per heavy atom. The highest BCUT2D eigenvalue weighted by Crippen LogP contribution is 2.40. The van der Waals surface area contributed by atoms with Gasteiger partial charge < -0.3 is 14.4 Å². The van der Waals surface area contributed by atoms with Crippen LogP contribution in [-0.4, -0.2) is 21.7 Å². The number of furan rings is 1. The monoisotopic (exact) mass is 471 g/mol. The van der Waals surface area contributed by atoms with E-state index in [1.165, 1.54) is 11.2 Å². The van der Waals surface area contributed by atoms with Crippen LogP contribution in [0.4, 0.5) is 0 Å². The first-order valence-electron chi connectivity index (χ1n) is 8.78. The van der Waals surface area contributed by atoms with E-state index in [9.17, 15) is 14.7 Å². The van der Waals surface area contributed by atoms with Crippen molar-refractivity contribution in [3.8, 4) is 0 Å². The molecule has 1 N–H and O–H groups in total. The molecule has 0 bridgehead atoms. The van der Waals surface area contributed by atoms with Gasteiger partial charge in [-0.2, -0.15) is 0 Å². The number of hydrogen-bond donors (Lipinski definition) is 1. The van der Waals surface area contributed by atoms with E-state index in [-0.39, 0.29) is 17.9 Å². The van der Waals surface area contributed by atoms with Crippen molar-refractivity contribution in [2.24, 2.45) is 0 Å². The van der Waals surface area contributed by atoms with E-state index in [4.69, 9.17) is 16.0 Å². The first-order chi connectivity index (χ1) is 14.0. The van der Waals surface area contributed by atoms with Crippen LogP contribution in [-0.2, 0) is 16.1 Å². The smallest absolute Gasteiger partial charge is 0.296 e. The van der Waals surface area contributed by atoms with Crippen LogP contribution in [0.3, 0.4) is 0 Å². The summed E-state index contributed by atoms with van der Waals surface area (Å²) in [5.74, 6) is -1.13. The van der Waals surface area contributed by atoms with Crippen molar-refractivity contribution < 1.29 is 19.1 Å². The van der Waals surface area contributed by atoms with Crippen molar-refractivity contribution in [3.63, 3.8) is 0 Å². The highest BCUT2D eigenvalue weighted by atomic mass is 79.9. The van der Waals surface area contributed by atoms with Gasteiger partial charge in [-0.15, -0.1) is 0 Å². The standard InChI is InChI=1S/C22H15BrClNO4/c23-15-7-3-13(4-8-15)19-18(20(26)14-5-9-16(24)10-6-14)21(27)22(28)25(19)12-17-2-1-11-29-17/h1-11,19,26H,12H2/b20-18+/t19-/m0/s1. The predicted octanol–water partition coefficient (Wildman–Crippen LogP) is 5.32. The van der Waals surface area contributed by atoms with Gasteiger partial charge in [0.05, 0.1) is 24.4 Å². The second kappa shape index (κ2) is 7.89. The normalized spacial score (nSPS) is 18.4. The van der Waals surface area contributed by atoms with Gasteiger partial charge in [-0.1, -0.05) is 39.7 Å². The Morgan fingerprint density at radius 3 is 2.38 bits per heavy atom. The summed E-state index contributed by atoms with van der Waals surface area (Å²) in [4.78, 5) is 27.2. The summed E-state index contributed by atoms with van der Waals surface area (Å²) in [6.45, 7) is 0.107. The molecule has 1 aliphatic rings. The SMILES string of the molecule is O=C1C(=O)N(Cc2ccco2)[C@@H](c2ccc(Br)cc2)/C1=C(\O)c1ccc(Cl)cc1. The third-order valence-corrected chi connectivity index (χ3v) is 5.53. The molecule has 7 heteroatoms. The number of halogens is 2. The number of Topliss-reactive ketones (excluding diaryl/α,β-unsaturated/α-hetero) is 1. The Balaban J connectivity index is 1.86. The van der Waals surface area contributed by atoms with Gasteiger partial charge in [0.2, 0.25) is 0 Å². The molecule has 2 heterocycles. The highest BCUT2D eigenvalue weighted by molar-refractivity contribution is 9.10. The van der Waals surface area contributed by atoms with Crippen LogP contribution in [0.5, 0.6) is 0 Å². The number of rotatable bonds is 4. The fourth-order valence-electron chi connectivity index (χ4n) is 3.37. The molecular weight excluding hydrogens is 458 g/mol. The van der Waals surface area contributed by atoms with Crippen LogP contribution in [0.25, 0.3) is 5.76 Å². The molecule has 29 heavy (non-hydrogen) atoms. The summed E-state index contributed by atoms with van der Waals surface area (Å²) in [6.07, 6.45) is 1.51. The molecule has 0 spiro atoms. The van der Waals surface area contributed by atoms with E-state index in [1.807, 2.05) is 24.3 Å². The molecular formula is C22H15BrClNO4. The van der Waals surface area contributed by atoms with Crippen LogP contribution < -0.4 is 0 Å². The number of nitrogens with zero attached hydrogens (tertiary/aromatic N) is 1. The summed E-state index contributed by atoms with van der Waals surface area (Å²) in [5.41, 5.74) is 1.15. The lowest BCUT2D eigenvalue weighted by molar-refractivity contribution is -0.140. The van der Waals surface area contributed by atoms with Gasteiger partial charge in [0, 0.05) is 15.1 Å². The zero-order valence-electron chi connectivity index (χ0n) is 15.0. The van der Waals surface area contributed by atoms with Gasteiger partial charge in [0.25, 0.3) is 11.7 Å². The maximum atomic E-state index is 12.9. The van der Waals surface area contributed by atoms with Crippen LogP contribution in [0.1, 0.15) is 22.9 Å². The molecule has 0 radical (unpaired) electrons. The third kappa shape index (κ3) is 3.73. The van der Waals surface area contributed by atoms with Crippen LogP contribution in [0.15, 0.2) is 81.4 Å². The first-order valence-corrected chi connectivity index (χ1v) is 9.95. The molecule has 0 aliphatic carbocycles. The molecule has 0 unspecified atom stereocenters. The fourth-order valence-corrected chi connectivity index (χ4v) is 3.76. The lowest BCUT2D eigenvalue weighted by Crippen LogP contribution is -2.29. The molecule has 1 aliphatic heterocycles. The second-order valence-corrected chi connectivity index (χ2v) is 7.92. The quantitative estimate of drug-likeness (QED) is 0.317. The molecule has 5 nitrogen and oxygen atoms in total. The number of likely N-dealkylation sites (tertiary alicyclic amines) is 1. The Hall–Kier alpha value is -2.83. The number of carbonyl (C=O) groups excluding carboxylic acids is 2. The van der Waals surface area contributed by atoms with Gasteiger partial charge >= 0.3 is 0 Å². The lowest BCUT2D eigenvalue weighted by Gasteiger charge is -2.24. The zero-order valence-corrected chi connectivity index (χ0v) is 17.4. The van der Waals surface area contributed by atoms with Crippen molar-refractivity contribution in [2.75, 3.05) is 0 Å². The van der Waals surface area contributed by atoms with Crippen LogP contribution in [0.2, 0.25) is 5.02 Å². The van der Waals surface area contributed by atoms with E-state index in [1.54, 1.807) is 36.4 Å². The van der Waals surface area contributed by atoms with E-state index < -0.39 is 17.7 Å². The average molecular weight is 473 g/mol. The molecule has 1 amide bonds. The van der Waals surface area contributed by atoms with E-state index >= 15 is 0 Å². The van der Waals surface area contributed by atoms with Gasteiger partial charge in [-0.05, 0) is 54.1 Å². The van der Waals surface area contributed by atoms with Crippen LogP contribution >= 0.6 is 27.5 Å². The molecule has 1 atom stereocenters. The minimum Gasteiger partial charge on any atom is -0.507 e. The van der Waals surface area contributed by atoms with Gasteiger partial charge in [0.15, 0.2) is 0 Å². The topological polar surface area (TPSA) is 70.8 Å². The largest absolute Gasteiger partial charge is 0.507 e. The van der Waals surface area contributed by atoms with Crippen LogP contribution in [0, 0.1) is 0 Å². The number of amides is 1. The van der Waals surface area contributed by atoms with Crippen molar-refractivity contribution in [3.05, 3.63) is 98.9 Å². The van der Waals surface area contributed by atoms with E-state index in [0.717, 1.165) is 4.47 Å². The minimum atomic E-state index is -0.746. The van der Waals surface area contributed by atoms with Crippen molar-refractivity contribution in [1.29, 1.82) is 0 Å². The van der Waals surface area contributed by atoms with Gasteiger partial charge in [0.1, 0.15) is 11.5 Å². The maximum absolute atomic E-state index is 12.9. The van der Waals surface area contributed by atoms with E-state index in [0.29, 0.717) is 21.9 Å². The molecule has 1 fully saturated rings. The Labute approximate surface area is 180 Å². The van der Waals surface area contributed by atoms with Gasteiger partial charge in [-0.25, -0.2) is 0 Å². The summed E-state index contributed by atoms with van der Waals surface area (Å²) in [5, 5.41) is 11.4. The maximum Gasteiger partial charge on any atom is 0.296 e. The number of benzene rings is 2. The van der Waals surface area contributed by atoms with E-state index in [2.05, 4.69) is 15.9 Å². The predicted molar refractivity (Wildman–Crippen MR) is 112 cm³/mol. The molecule has 1 saturated heterocycles. The molecule has 0 saturated carbocycles. The summed E-state index contributed by atoms with van der Waals surface area (Å²) < 4.78 is 6.23. The summed E-state index contributed by atoms with van der Waals surface area (Å²) in [6, 6.07) is 16.4. The molecule has 4 rings (SSSR count). The molecule has 146 valence electrons. The van der Waals surface area contributed by atoms with Crippen molar-refractivity contribution in [1.82, 2.24) is 4.90 Å². The highest BCUT2D eigenvalue weighted by Gasteiger charge is 2.46. The van der Waals surface area contributed by atoms with Crippen molar-refractivity contribution in [2.45, 2.75) is 12.6 Å². The minimum absolute atomic E-state index is 0.0335. The fraction of sp³-hybridized carbons (Fsp3) is 0.0909. The number of aliphatic hydroxyl groups excluding tert-OH is 1. The Morgan fingerprint density at radius 1 is 1.07 bits per heavy atom.